The van der Waals surface area contributed by atoms with Gasteiger partial charge in [0.1, 0.15) is 5.41 Å². The molecule has 28 heavy (non-hydrogen) atoms. The molecule has 0 aromatic heterocycles. The second kappa shape index (κ2) is 8.47. The Kier molecular flexibility index (Phi) is 6.30. The first-order chi connectivity index (χ1) is 13.1. The first-order valence-electron chi connectivity index (χ1n) is 8.71. The van der Waals surface area contributed by atoms with Crippen LogP contribution in [0.2, 0.25) is 0 Å². The normalized spacial score (nSPS) is 10.7. The number of ketones is 1. The summed E-state index contributed by atoms with van der Waals surface area (Å²) >= 11 is 0. The molecule has 0 bridgehead atoms. The molecule has 0 aliphatic rings. The minimum atomic E-state index is -1.36. The average molecular weight is 381 g/mol. The van der Waals surface area contributed by atoms with Crippen LogP contribution in [0.5, 0.6) is 0 Å². The van der Waals surface area contributed by atoms with Gasteiger partial charge in [-0.1, -0.05) is 6.07 Å². The van der Waals surface area contributed by atoms with Crippen LogP contribution in [0.3, 0.4) is 0 Å². The number of carbonyl (C=O) groups is 4. The van der Waals surface area contributed by atoms with Gasteiger partial charge in [0.15, 0.2) is 5.78 Å². The Balaban J connectivity index is 2.07. The molecule has 2 aromatic rings. The van der Waals surface area contributed by atoms with Gasteiger partial charge in [-0.25, -0.2) is 0 Å². The third-order valence-corrected chi connectivity index (χ3v) is 4.13. The van der Waals surface area contributed by atoms with E-state index in [0.29, 0.717) is 22.6 Å². The molecule has 0 saturated heterocycles. The molecule has 0 saturated carbocycles. The number of hydrogen-bond donors (Lipinski definition) is 3. The van der Waals surface area contributed by atoms with Crippen molar-refractivity contribution in [3.63, 3.8) is 0 Å². The lowest BCUT2D eigenvalue weighted by Gasteiger charge is -2.23. The number of nitrogens with one attached hydrogen (secondary N) is 3. The summed E-state index contributed by atoms with van der Waals surface area (Å²) in [6, 6.07) is 13.1. The van der Waals surface area contributed by atoms with Gasteiger partial charge in [-0.2, -0.15) is 0 Å². The number of amides is 3. The third-order valence-electron chi connectivity index (χ3n) is 4.13. The second-order valence-corrected chi connectivity index (χ2v) is 6.93. The van der Waals surface area contributed by atoms with Crippen LogP contribution in [-0.4, -0.2) is 23.5 Å². The highest BCUT2D eigenvalue weighted by Gasteiger charge is 2.36. The first kappa shape index (κ1) is 20.8. The molecule has 0 aliphatic carbocycles. The van der Waals surface area contributed by atoms with Crippen LogP contribution in [0.1, 0.15) is 38.1 Å². The van der Waals surface area contributed by atoms with E-state index in [1.165, 1.54) is 27.7 Å². The third kappa shape index (κ3) is 5.26. The van der Waals surface area contributed by atoms with Crippen LogP contribution in [0, 0.1) is 5.41 Å². The van der Waals surface area contributed by atoms with Crippen molar-refractivity contribution < 1.29 is 19.2 Å². The van der Waals surface area contributed by atoms with Gasteiger partial charge in [-0.15, -0.1) is 0 Å². The maximum Gasteiger partial charge on any atom is 0.239 e. The van der Waals surface area contributed by atoms with Gasteiger partial charge >= 0.3 is 0 Å². The maximum atomic E-state index is 12.6. The van der Waals surface area contributed by atoms with Gasteiger partial charge in [-0.05, 0) is 63.2 Å². The summed E-state index contributed by atoms with van der Waals surface area (Å²) in [7, 11) is 0. The van der Waals surface area contributed by atoms with Crippen LogP contribution < -0.4 is 16.0 Å². The summed E-state index contributed by atoms with van der Waals surface area (Å²) in [6.07, 6.45) is 0. The predicted octanol–water partition coefficient (Wildman–Crippen LogP) is 3.45. The van der Waals surface area contributed by atoms with E-state index in [0.717, 1.165) is 0 Å². The average Bonchev–Trinajstić information content (AvgIpc) is 2.61. The highest BCUT2D eigenvalue weighted by molar-refractivity contribution is 6.14. The van der Waals surface area contributed by atoms with Crippen molar-refractivity contribution >= 4 is 40.6 Å². The fourth-order valence-corrected chi connectivity index (χ4v) is 2.34. The minimum Gasteiger partial charge on any atom is -0.326 e. The zero-order valence-electron chi connectivity index (χ0n) is 16.3. The number of benzene rings is 2. The topological polar surface area (TPSA) is 104 Å². The van der Waals surface area contributed by atoms with Crippen LogP contribution in [-0.2, 0) is 14.4 Å². The predicted molar refractivity (Wildman–Crippen MR) is 108 cm³/mol. The Bertz CT molecular complexity index is 918. The Labute approximate surface area is 163 Å². The van der Waals surface area contributed by atoms with E-state index in [1.807, 2.05) is 0 Å². The van der Waals surface area contributed by atoms with E-state index in [1.54, 1.807) is 48.5 Å². The molecule has 3 amide bonds. The fraction of sp³-hybridized carbons (Fsp3) is 0.238. The number of rotatable bonds is 6. The molecule has 7 heteroatoms. The van der Waals surface area contributed by atoms with Crippen molar-refractivity contribution in [2.75, 3.05) is 16.0 Å². The highest BCUT2D eigenvalue weighted by Crippen LogP contribution is 2.23. The number of anilines is 3. The summed E-state index contributed by atoms with van der Waals surface area (Å²) in [6.45, 7) is 5.88. The van der Waals surface area contributed by atoms with E-state index in [4.69, 9.17) is 0 Å². The van der Waals surface area contributed by atoms with Gasteiger partial charge in [0.05, 0.1) is 0 Å². The lowest BCUT2D eigenvalue weighted by molar-refractivity contribution is -0.135. The second-order valence-electron chi connectivity index (χ2n) is 6.93. The summed E-state index contributed by atoms with van der Waals surface area (Å²) in [4.78, 5) is 47.7. The standard InChI is InChI=1S/C21H23N3O4/c1-13(25)15-8-10-16(11-9-15)23-19(27)21(3,4)20(28)24-18-7-5-6-17(12-18)22-14(2)26/h5-12H,1-4H3,(H,22,26)(H,23,27)(H,24,28). The number of carbonyl (C=O) groups excluding carboxylic acids is 4. The molecule has 0 heterocycles. The minimum absolute atomic E-state index is 0.0703. The summed E-state index contributed by atoms with van der Waals surface area (Å²) < 4.78 is 0. The molecule has 2 rings (SSSR count). The zero-order chi connectivity index (χ0) is 20.9. The molecule has 0 atom stereocenters. The smallest absolute Gasteiger partial charge is 0.239 e. The van der Waals surface area contributed by atoms with Crippen LogP contribution in [0.4, 0.5) is 17.1 Å². The molecule has 0 unspecified atom stereocenters. The monoisotopic (exact) mass is 381 g/mol. The summed E-state index contributed by atoms with van der Waals surface area (Å²) in [5.41, 5.74) is 0.669. The quantitative estimate of drug-likeness (QED) is 0.526. The van der Waals surface area contributed by atoms with Crippen LogP contribution in [0.15, 0.2) is 48.5 Å². The fourth-order valence-electron chi connectivity index (χ4n) is 2.34. The molecule has 0 spiro atoms. The van der Waals surface area contributed by atoms with Gasteiger partial charge in [-0.3, -0.25) is 19.2 Å². The van der Waals surface area contributed by atoms with Crippen molar-refractivity contribution in [1.82, 2.24) is 0 Å². The van der Waals surface area contributed by atoms with Crippen molar-refractivity contribution in [2.45, 2.75) is 27.7 Å². The van der Waals surface area contributed by atoms with E-state index in [-0.39, 0.29) is 11.7 Å². The maximum absolute atomic E-state index is 12.6. The molecule has 3 N–H and O–H groups in total. The summed E-state index contributed by atoms with van der Waals surface area (Å²) in [5, 5.41) is 8.01. The van der Waals surface area contributed by atoms with Crippen molar-refractivity contribution in [1.29, 1.82) is 0 Å². The van der Waals surface area contributed by atoms with Crippen molar-refractivity contribution in [3.8, 4) is 0 Å². The molecule has 0 radical (unpaired) electrons. The molecular formula is C21H23N3O4. The Morgan fingerprint density at radius 3 is 1.71 bits per heavy atom. The zero-order valence-corrected chi connectivity index (χ0v) is 16.3. The number of hydrogen-bond acceptors (Lipinski definition) is 4. The summed E-state index contributed by atoms with van der Waals surface area (Å²) in [5.74, 6) is -1.28. The Morgan fingerprint density at radius 1 is 0.714 bits per heavy atom. The molecule has 0 aliphatic heterocycles. The van der Waals surface area contributed by atoms with Crippen molar-refractivity contribution in [3.05, 3.63) is 54.1 Å². The molecule has 0 fully saturated rings. The first-order valence-corrected chi connectivity index (χ1v) is 8.71. The van der Waals surface area contributed by atoms with E-state index in [9.17, 15) is 19.2 Å². The van der Waals surface area contributed by atoms with Gasteiger partial charge < -0.3 is 16.0 Å². The van der Waals surface area contributed by atoms with Crippen LogP contribution in [0.25, 0.3) is 0 Å². The number of Topliss-reactive ketones (excluding diaryl/α,β-unsaturated/α-hetero) is 1. The lowest BCUT2D eigenvalue weighted by atomic mass is 9.90. The lowest BCUT2D eigenvalue weighted by Crippen LogP contribution is -2.41. The molecular weight excluding hydrogens is 358 g/mol. The molecule has 7 nitrogen and oxygen atoms in total. The van der Waals surface area contributed by atoms with Crippen molar-refractivity contribution in [2.24, 2.45) is 5.41 Å². The highest BCUT2D eigenvalue weighted by atomic mass is 16.2. The largest absolute Gasteiger partial charge is 0.326 e. The van der Waals surface area contributed by atoms with E-state index >= 15 is 0 Å². The SMILES string of the molecule is CC(=O)Nc1cccc(NC(=O)C(C)(C)C(=O)Nc2ccc(C(C)=O)cc2)c1. The van der Waals surface area contributed by atoms with Gasteiger partial charge in [0.2, 0.25) is 17.7 Å². The van der Waals surface area contributed by atoms with Gasteiger partial charge in [0.25, 0.3) is 0 Å². The van der Waals surface area contributed by atoms with E-state index < -0.39 is 17.2 Å². The molecule has 146 valence electrons. The van der Waals surface area contributed by atoms with Crippen LogP contribution >= 0.6 is 0 Å². The Morgan fingerprint density at radius 2 is 1.21 bits per heavy atom. The van der Waals surface area contributed by atoms with Gasteiger partial charge in [0, 0.05) is 29.5 Å². The Hall–Kier alpha value is -3.48. The molecule has 2 aromatic carbocycles. The van der Waals surface area contributed by atoms with E-state index in [2.05, 4.69) is 16.0 Å².